The summed E-state index contributed by atoms with van der Waals surface area (Å²) in [6.07, 6.45) is 2.98. The van der Waals surface area contributed by atoms with E-state index >= 15 is 0 Å². The van der Waals surface area contributed by atoms with Crippen LogP contribution in [-0.4, -0.2) is 16.6 Å². The highest BCUT2D eigenvalue weighted by molar-refractivity contribution is 6.06. The van der Waals surface area contributed by atoms with E-state index in [1.807, 2.05) is 48.5 Å². The van der Waals surface area contributed by atoms with E-state index < -0.39 is 0 Å². The zero-order valence-corrected chi connectivity index (χ0v) is 13.6. The lowest BCUT2D eigenvalue weighted by molar-refractivity contribution is -0.125. The Morgan fingerprint density at radius 2 is 2.04 bits per heavy atom. The number of hydrazone groups is 1. The van der Waals surface area contributed by atoms with Gasteiger partial charge in [0.25, 0.3) is 0 Å². The third kappa shape index (κ3) is 2.96. The number of hydrogen-bond donors (Lipinski definition) is 1. The van der Waals surface area contributed by atoms with Gasteiger partial charge in [-0.15, -0.1) is 6.58 Å². The number of hydrogen-bond acceptors (Lipinski definition) is 4. The Bertz CT molecular complexity index is 973. The molecule has 5 nitrogen and oxygen atoms in total. The van der Waals surface area contributed by atoms with Crippen LogP contribution in [0.3, 0.4) is 0 Å². The third-order valence-electron chi connectivity index (χ3n) is 4.31. The number of benzene rings is 2. The molecule has 1 aromatic heterocycles. The minimum absolute atomic E-state index is 0.0595. The SMILES string of the molecule is C=CCC1CC(c2ccc3nc(-c4ccccc4)oc3c2)=NNC1=O. The lowest BCUT2D eigenvalue weighted by Crippen LogP contribution is -2.34. The van der Waals surface area contributed by atoms with Crippen molar-refractivity contribution in [2.24, 2.45) is 11.0 Å². The van der Waals surface area contributed by atoms with E-state index in [2.05, 4.69) is 22.1 Å². The molecule has 1 amide bonds. The summed E-state index contributed by atoms with van der Waals surface area (Å²) in [6.45, 7) is 3.72. The van der Waals surface area contributed by atoms with E-state index in [-0.39, 0.29) is 11.8 Å². The van der Waals surface area contributed by atoms with Crippen LogP contribution in [0.15, 0.2) is 70.7 Å². The Balaban J connectivity index is 1.67. The summed E-state index contributed by atoms with van der Waals surface area (Å²) in [5, 5.41) is 4.21. The first-order valence-corrected chi connectivity index (χ1v) is 8.18. The van der Waals surface area contributed by atoms with Gasteiger partial charge in [0.15, 0.2) is 5.58 Å². The molecule has 2 aromatic carbocycles. The first-order valence-electron chi connectivity index (χ1n) is 8.18. The Kier molecular flexibility index (Phi) is 3.90. The summed E-state index contributed by atoms with van der Waals surface area (Å²) in [4.78, 5) is 16.4. The molecule has 1 aliphatic heterocycles. The molecule has 25 heavy (non-hydrogen) atoms. The highest BCUT2D eigenvalue weighted by atomic mass is 16.3. The first kappa shape index (κ1) is 15.3. The fraction of sp³-hybridized carbons (Fsp3) is 0.150. The third-order valence-corrected chi connectivity index (χ3v) is 4.31. The van der Waals surface area contributed by atoms with Crippen molar-refractivity contribution in [1.29, 1.82) is 0 Å². The average Bonchev–Trinajstić information content (AvgIpc) is 3.08. The Morgan fingerprint density at radius 1 is 1.20 bits per heavy atom. The van der Waals surface area contributed by atoms with E-state index in [9.17, 15) is 4.79 Å². The smallest absolute Gasteiger partial charge is 0.243 e. The minimum Gasteiger partial charge on any atom is -0.436 e. The van der Waals surface area contributed by atoms with Gasteiger partial charge in [-0.2, -0.15) is 5.10 Å². The number of nitrogens with one attached hydrogen (secondary N) is 1. The second-order valence-electron chi connectivity index (χ2n) is 6.03. The number of carbonyl (C=O) groups is 1. The second-order valence-corrected chi connectivity index (χ2v) is 6.03. The summed E-state index contributed by atoms with van der Waals surface area (Å²) >= 11 is 0. The number of carbonyl (C=O) groups excluding carboxylic acids is 1. The van der Waals surface area contributed by atoms with Crippen molar-refractivity contribution in [3.63, 3.8) is 0 Å². The van der Waals surface area contributed by atoms with Crippen LogP contribution in [0.5, 0.6) is 0 Å². The monoisotopic (exact) mass is 331 g/mol. The maximum absolute atomic E-state index is 11.8. The topological polar surface area (TPSA) is 67.5 Å². The lowest BCUT2D eigenvalue weighted by atomic mass is 9.93. The predicted octanol–water partition coefficient (Wildman–Crippen LogP) is 3.91. The summed E-state index contributed by atoms with van der Waals surface area (Å²) in [5.41, 5.74) is 6.81. The number of rotatable bonds is 4. The summed E-state index contributed by atoms with van der Waals surface area (Å²) < 4.78 is 5.91. The molecule has 124 valence electrons. The molecule has 0 spiro atoms. The van der Waals surface area contributed by atoms with Gasteiger partial charge in [-0.3, -0.25) is 4.79 Å². The van der Waals surface area contributed by atoms with Gasteiger partial charge in [-0.1, -0.05) is 30.3 Å². The van der Waals surface area contributed by atoms with E-state index in [4.69, 9.17) is 4.42 Å². The molecule has 5 heteroatoms. The van der Waals surface area contributed by atoms with Crippen LogP contribution in [0.1, 0.15) is 18.4 Å². The van der Waals surface area contributed by atoms with Crippen molar-refractivity contribution in [2.75, 3.05) is 0 Å². The molecular weight excluding hydrogens is 314 g/mol. The number of oxazole rings is 1. The Hall–Kier alpha value is -3.21. The van der Waals surface area contributed by atoms with Crippen molar-refractivity contribution in [2.45, 2.75) is 12.8 Å². The molecule has 1 atom stereocenters. The van der Waals surface area contributed by atoms with Crippen molar-refractivity contribution < 1.29 is 9.21 Å². The number of nitrogens with zero attached hydrogens (tertiary/aromatic N) is 2. The van der Waals surface area contributed by atoms with E-state index in [0.29, 0.717) is 24.3 Å². The standard InChI is InChI=1S/C20H17N3O2/c1-2-6-15-11-17(22-23-19(15)24)14-9-10-16-18(12-14)25-20(21-16)13-7-4-3-5-8-13/h2-5,7-10,12,15H,1,6,11H2,(H,23,24). The lowest BCUT2D eigenvalue weighted by Gasteiger charge is -2.20. The van der Waals surface area contributed by atoms with Crippen LogP contribution < -0.4 is 5.43 Å². The maximum atomic E-state index is 11.8. The first-order chi connectivity index (χ1) is 12.2. The fourth-order valence-electron chi connectivity index (χ4n) is 2.97. The molecule has 0 saturated heterocycles. The molecule has 0 fully saturated rings. The molecule has 1 unspecified atom stereocenters. The quantitative estimate of drug-likeness (QED) is 0.737. The van der Waals surface area contributed by atoms with Crippen LogP contribution >= 0.6 is 0 Å². The second kappa shape index (κ2) is 6.36. The normalized spacial score (nSPS) is 17.2. The van der Waals surface area contributed by atoms with Crippen molar-refractivity contribution in [1.82, 2.24) is 10.4 Å². The van der Waals surface area contributed by atoms with Gasteiger partial charge in [0, 0.05) is 23.5 Å². The van der Waals surface area contributed by atoms with Crippen molar-refractivity contribution in [3.8, 4) is 11.5 Å². The molecule has 0 radical (unpaired) electrons. The van der Waals surface area contributed by atoms with Gasteiger partial charge in [-0.25, -0.2) is 10.4 Å². The zero-order valence-electron chi connectivity index (χ0n) is 13.6. The molecule has 0 bridgehead atoms. The van der Waals surface area contributed by atoms with Crippen LogP contribution in [0.2, 0.25) is 0 Å². The highest BCUT2D eigenvalue weighted by Crippen LogP contribution is 2.26. The van der Waals surface area contributed by atoms with E-state index in [0.717, 1.165) is 22.4 Å². The van der Waals surface area contributed by atoms with Gasteiger partial charge in [0.2, 0.25) is 11.8 Å². The summed E-state index contributed by atoms with van der Waals surface area (Å²) in [7, 11) is 0. The van der Waals surface area contributed by atoms with Crippen molar-refractivity contribution >= 4 is 22.7 Å². The number of aromatic nitrogens is 1. The Morgan fingerprint density at radius 3 is 2.84 bits per heavy atom. The molecule has 0 aliphatic carbocycles. The Labute approximate surface area is 145 Å². The van der Waals surface area contributed by atoms with Crippen LogP contribution in [0.25, 0.3) is 22.6 Å². The van der Waals surface area contributed by atoms with Crippen LogP contribution in [0, 0.1) is 5.92 Å². The van der Waals surface area contributed by atoms with Gasteiger partial charge < -0.3 is 4.42 Å². The molecule has 2 heterocycles. The summed E-state index contributed by atoms with van der Waals surface area (Å²) in [6, 6.07) is 15.6. The van der Waals surface area contributed by atoms with Gasteiger partial charge >= 0.3 is 0 Å². The maximum Gasteiger partial charge on any atom is 0.243 e. The number of allylic oxidation sites excluding steroid dienone is 1. The molecule has 1 aliphatic rings. The van der Waals surface area contributed by atoms with Crippen LogP contribution in [0.4, 0.5) is 0 Å². The number of fused-ring (bicyclic) bond motifs is 1. The van der Waals surface area contributed by atoms with Gasteiger partial charge in [0.05, 0.1) is 5.71 Å². The number of amides is 1. The van der Waals surface area contributed by atoms with Crippen LogP contribution in [-0.2, 0) is 4.79 Å². The molecule has 0 saturated carbocycles. The fourth-order valence-corrected chi connectivity index (χ4v) is 2.97. The molecule has 4 rings (SSSR count). The summed E-state index contributed by atoms with van der Waals surface area (Å²) in [5.74, 6) is 0.405. The zero-order chi connectivity index (χ0) is 17.2. The predicted molar refractivity (Wildman–Crippen MR) is 97.0 cm³/mol. The largest absolute Gasteiger partial charge is 0.436 e. The van der Waals surface area contributed by atoms with E-state index in [1.54, 1.807) is 6.08 Å². The van der Waals surface area contributed by atoms with Gasteiger partial charge in [0.1, 0.15) is 5.52 Å². The average molecular weight is 331 g/mol. The van der Waals surface area contributed by atoms with Gasteiger partial charge in [-0.05, 0) is 30.7 Å². The van der Waals surface area contributed by atoms with E-state index in [1.165, 1.54) is 0 Å². The molecule has 3 aromatic rings. The van der Waals surface area contributed by atoms with Crippen molar-refractivity contribution in [3.05, 3.63) is 66.7 Å². The highest BCUT2D eigenvalue weighted by Gasteiger charge is 2.24. The molecular formula is C20H17N3O2. The minimum atomic E-state index is -0.129. The molecule has 1 N–H and O–H groups in total.